The van der Waals surface area contributed by atoms with Crippen LogP contribution in [0.15, 0.2) is 19.6 Å². The third-order valence-electron chi connectivity index (χ3n) is 6.57. The fourth-order valence-corrected chi connectivity index (χ4v) is 14.3. The van der Waals surface area contributed by atoms with E-state index in [9.17, 15) is 0 Å². The van der Waals surface area contributed by atoms with Gasteiger partial charge in [-0.1, -0.05) is 0 Å². The summed E-state index contributed by atoms with van der Waals surface area (Å²) >= 11 is 14.7. The summed E-state index contributed by atoms with van der Waals surface area (Å²) in [4.78, 5) is 47.0. The van der Waals surface area contributed by atoms with Gasteiger partial charge in [0.25, 0.3) is 0 Å². The van der Waals surface area contributed by atoms with Gasteiger partial charge in [-0.3, -0.25) is 0 Å². The Morgan fingerprint density at radius 3 is 0.950 bits per heavy atom. The van der Waals surface area contributed by atoms with Gasteiger partial charge in [-0.05, 0) is 0 Å². The molecule has 202 valence electrons. The summed E-state index contributed by atoms with van der Waals surface area (Å²) in [5.74, 6) is 11.3. The summed E-state index contributed by atoms with van der Waals surface area (Å²) in [7, 11) is 0. The summed E-state index contributed by atoms with van der Waals surface area (Å²) in [6.07, 6.45) is 0. The molecule has 0 radical (unpaired) electrons. The Morgan fingerprint density at radius 2 is 0.600 bits per heavy atom. The van der Waals surface area contributed by atoms with Gasteiger partial charge < -0.3 is 9.97 Å². The molecule has 0 unspecified atom stereocenters. The number of nitrogens with one attached hydrogen (secondary N) is 2. The summed E-state index contributed by atoms with van der Waals surface area (Å²) < 4.78 is 0. The number of aromatic nitrogens is 8. The van der Waals surface area contributed by atoms with E-state index in [4.69, 9.17) is 29.9 Å². The lowest BCUT2D eigenvalue weighted by atomic mass is 10.4. The van der Waals surface area contributed by atoms with Gasteiger partial charge in [-0.2, -0.15) is 0 Å². The maximum Gasteiger partial charge on any atom is 0.171 e. The first-order valence-electron chi connectivity index (χ1n) is 12.6. The lowest BCUT2D eigenvalue weighted by molar-refractivity contribution is 1.06. The van der Waals surface area contributed by atoms with Gasteiger partial charge in [0.05, 0.1) is 39.2 Å². The number of nitrogens with zero attached hydrogens (tertiary/aromatic N) is 6. The van der Waals surface area contributed by atoms with E-state index < -0.39 is 0 Å². The third-order valence-corrected chi connectivity index (χ3v) is 16.8. The van der Waals surface area contributed by atoms with Crippen molar-refractivity contribution in [2.24, 2.45) is 0 Å². The van der Waals surface area contributed by atoms with Crippen LogP contribution in [-0.4, -0.2) is 85.9 Å². The van der Waals surface area contributed by atoms with Crippen LogP contribution in [-0.2, 0) is 0 Å². The zero-order chi connectivity index (χ0) is 26.2. The van der Waals surface area contributed by atoms with Gasteiger partial charge in [0.2, 0.25) is 0 Å². The topological polar surface area (TPSA) is 109 Å². The van der Waals surface area contributed by atoms with E-state index in [0.29, 0.717) is 0 Å². The molecule has 9 heterocycles. The van der Waals surface area contributed by atoms with Crippen LogP contribution in [0.1, 0.15) is 23.3 Å². The highest BCUT2D eigenvalue weighted by molar-refractivity contribution is 8.17. The first-order valence-corrected chi connectivity index (χ1v) is 20.5. The van der Waals surface area contributed by atoms with Gasteiger partial charge in [0, 0.05) is 46.0 Å². The van der Waals surface area contributed by atoms with Crippen LogP contribution >= 0.6 is 94.1 Å². The number of rotatable bonds is 0. The number of aromatic amines is 2. The van der Waals surface area contributed by atoms with Gasteiger partial charge >= 0.3 is 0 Å². The number of thioether (sulfide) groups is 8. The van der Waals surface area contributed by atoms with Crippen molar-refractivity contribution in [1.29, 1.82) is 0 Å². The van der Waals surface area contributed by atoms with Crippen LogP contribution in [0.3, 0.4) is 0 Å². The first kappa shape index (κ1) is 25.6. The molecule has 0 saturated carbocycles. The van der Waals surface area contributed by atoms with Gasteiger partial charge in [-0.15, -0.1) is 94.1 Å². The molecule has 0 spiro atoms. The van der Waals surface area contributed by atoms with Crippen LogP contribution in [0.2, 0.25) is 0 Å². The van der Waals surface area contributed by atoms with E-state index in [0.717, 1.165) is 112 Å². The fraction of sp³-hybridized carbons (Fsp3) is 0.333. The van der Waals surface area contributed by atoms with Crippen molar-refractivity contribution in [2.45, 2.75) is 19.6 Å². The molecule has 6 aliphatic heterocycles. The second kappa shape index (κ2) is 10.4. The Morgan fingerprint density at radius 1 is 0.325 bits per heavy atom. The minimum Gasteiger partial charge on any atom is -0.323 e. The molecule has 0 aliphatic carbocycles. The largest absolute Gasteiger partial charge is 0.323 e. The molecular weight excluding hydrogens is 657 g/mol. The number of fused-ring (bicyclic) bond motifs is 18. The van der Waals surface area contributed by atoms with Crippen molar-refractivity contribution in [3.63, 3.8) is 0 Å². The Balaban J connectivity index is 1.42. The summed E-state index contributed by atoms with van der Waals surface area (Å²) in [5.41, 5.74) is 3.39. The van der Waals surface area contributed by atoms with Crippen LogP contribution in [0, 0.1) is 0 Å². The third kappa shape index (κ3) is 4.22. The molecule has 0 aromatic carbocycles. The smallest absolute Gasteiger partial charge is 0.171 e. The van der Waals surface area contributed by atoms with E-state index in [-0.39, 0.29) is 0 Å². The Labute approximate surface area is 263 Å². The van der Waals surface area contributed by atoms with E-state index in [2.05, 4.69) is 9.97 Å². The number of hydrogen-bond donors (Lipinski definition) is 2. The van der Waals surface area contributed by atoms with Crippen molar-refractivity contribution < 1.29 is 0 Å². The maximum absolute atomic E-state index is 5.19. The molecule has 2 N–H and O–H groups in total. The second-order valence-electron chi connectivity index (χ2n) is 9.03. The molecule has 0 saturated heterocycles. The normalized spacial score (nSPS) is 20.2. The van der Waals surface area contributed by atoms with E-state index in [1.165, 1.54) is 19.6 Å². The van der Waals surface area contributed by atoms with Crippen molar-refractivity contribution in [2.75, 3.05) is 46.0 Å². The van der Waals surface area contributed by atoms with Crippen molar-refractivity contribution in [3.8, 4) is 0 Å². The van der Waals surface area contributed by atoms with Crippen LogP contribution in [0.4, 0.5) is 0 Å². The van der Waals surface area contributed by atoms with Crippen molar-refractivity contribution in [3.05, 3.63) is 23.3 Å². The molecule has 3 aromatic rings. The average molecular weight is 675 g/mol. The average Bonchev–Trinajstić information content (AvgIpc) is 3.73. The molecular formula is C24H18N8S8. The van der Waals surface area contributed by atoms with Gasteiger partial charge in [-0.25, -0.2) is 29.9 Å². The van der Waals surface area contributed by atoms with Crippen LogP contribution in [0.5, 0.6) is 0 Å². The predicted molar refractivity (Wildman–Crippen MR) is 179 cm³/mol. The predicted octanol–water partition coefficient (Wildman–Crippen LogP) is 6.90. The molecule has 8 bridgehead atoms. The zero-order valence-electron chi connectivity index (χ0n) is 20.6. The Hall–Kier alpha value is -0.880. The number of hydrogen-bond acceptors (Lipinski definition) is 14. The SMILES string of the molecule is C1CSC2=C(S1)c1nc3nc(nc4[nH]c(nc5[nH]c(nc2n1)c1c5SCCS1)c1c4SCCS1)C1=C3SCCS1. The molecule has 8 nitrogen and oxygen atoms in total. The highest BCUT2D eigenvalue weighted by atomic mass is 32.2. The van der Waals surface area contributed by atoms with Crippen molar-refractivity contribution in [1.82, 2.24) is 39.9 Å². The monoisotopic (exact) mass is 674 g/mol. The molecule has 6 aliphatic rings. The molecule has 3 aromatic heterocycles. The Bertz CT molecular complexity index is 1710. The van der Waals surface area contributed by atoms with Crippen LogP contribution in [0.25, 0.3) is 42.2 Å². The fourth-order valence-electron chi connectivity index (χ4n) is 4.94. The molecule has 0 fully saturated rings. The van der Waals surface area contributed by atoms with E-state index in [1.807, 2.05) is 94.1 Å². The van der Waals surface area contributed by atoms with Crippen molar-refractivity contribution >= 4 is 136 Å². The number of H-pyrrole nitrogens is 2. The second-order valence-corrected chi connectivity index (χ2v) is 17.9. The summed E-state index contributed by atoms with van der Waals surface area (Å²) in [5, 5.41) is 0. The lowest BCUT2D eigenvalue weighted by Crippen LogP contribution is -1.96. The van der Waals surface area contributed by atoms with Gasteiger partial charge in [0.15, 0.2) is 23.3 Å². The molecule has 0 atom stereocenters. The van der Waals surface area contributed by atoms with E-state index >= 15 is 0 Å². The van der Waals surface area contributed by atoms with E-state index in [1.54, 1.807) is 0 Å². The maximum atomic E-state index is 5.19. The summed E-state index contributed by atoms with van der Waals surface area (Å²) in [6.45, 7) is 0. The minimum atomic E-state index is 0.722. The Kier molecular flexibility index (Phi) is 6.65. The quantitative estimate of drug-likeness (QED) is 0.258. The molecule has 0 amide bonds. The lowest BCUT2D eigenvalue weighted by Gasteiger charge is -2.12. The van der Waals surface area contributed by atoms with Crippen LogP contribution < -0.4 is 0 Å². The van der Waals surface area contributed by atoms with Gasteiger partial charge in [0.1, 0.15) is 22.6 Å². The zero-order valence-corrected chi connectivity index (χ0v) is 27.1. The molecule has 9 rings (SSSR count). The minimum absolute atomic E-state index is 0.722. The molecule has 40 heavy (non-hydrogen) atoms. The first-order chi connectivity index (χ1) is 19.8. The molecule has 16 heteroatoms. The highest BCUT2D eigenvalue weighted by Crippen LogP contribution is 2.50. The standard InChI is InChI=1S/C24H18N8S8/c1-2-34-10-9(33-1)17-25-18(10)30-20-13-14(38-6-5-37-13)22(27-20)32-24-16-15(39-7-8-40-16)23(28-24)31-21-12-11(19(26-21)29-17)35-3-4-36-12/h1-8H2,(H2,25,26,27,28,29,30,31,32). The highest BCUT2D eigenvalue weighted by Gasteiger charge is 2.31. The summed E-state index contributed by atoms with van der Waals surface area (Å²) in [6, 6.07) is 0.